The van der Waals surface area contributed by atoms with E-state index < -0.39 is 0 Å². The SMILES string of the molecule is O=C(NCCN1CCOCC1)c1cc2ccccc2n1-c1ccccc1. The van der Waals surface area contributed by atoms with Crippen LogP contribution in [0.4, 0.5) is 0 Å². The number of rotatable bonds is 5. The lowest BCUT2D eigenvalue weighted by Gasteiger charge is -2.26. The molecule has 0 unspecified atom stereocenters. The first kappa shape index (κ1) is 16.8. The van der Waals surface area contributed by atoms with Crippen molar-refractivity contribution in [2.24, 2.45) is 0 Å². The van der Waals surface area contributed by atoms with Crippen LogP contribution in [-0.2, 0) is 4.74 Å². The number of carbonyl (C=O) groups excluding carboxylic acids is 1. The van der Waals surface area contributed by atoms with Gasteiger partial charge in [-0.2, -0.15) is 0 Å². The Morgan fingerprint density at radius 2 is 1.73 bits per heavy atom. The smallest absolute Gasteiger partial charge is 0.268 e. The summed E-state index contributed by atoms with van der Waals surface area (Å²) in [5.41, 5.74) is 2.70. The molecule has 0 spiro atoms. The van der Waals surface area contributed by atoms with E-state index in [1.54, 1.807) is 0 Å². The van der Waals surface area contributed by atoms with E-state index in [1.807, 2.05) is 65.2 Å². The van der Waals surface area contributed by atoms with Gasteiger partial charge >= 0.3 is 0 Å². The molecule has 1 aromatic heterocycles. The van der Waals surface area contributed by atoms with E-state index in [2.05, 4.69) is 10.2 Å². The summed E-state index contributed by atoms with van der Waals surface area (Å²) < 4.78 is 7.39. The summed E-state index contributed by atoms with van der Waals surface area (Å²) in [6, 6.07) is 20.1. The van der Waals surface area contributed by atoms with E-state index in [0.717, 1.165) is 49.4 Å². The molecule has 26 heavy (non-hydrogen) atoms. The second-order valence-electron chi connectivity index (χ2n) is 6.47. The van der Waals surface area contributed by atoms with Crippen LogP contribution in [-0.4, -0.2) is 54.8 Å². The largest absolute Gasteiger partial charge is 0.379 e. The monoisotopic (exact) mass is 349 g/mol. The summed E-state index contributed by atoms with van der Waals surface area (Å²) >= 11 is 0. The topological polar surface area (TPSA) is 46.5 Å². The molecule has 0 bridgehead atoms. The first-order chi connectivity index (χ1) is 12.8. The number of ether oxygens (including phenoxy) is 1. The molecule has 1 saturated heterocycles. The number of hydrogen-bond donors (Lipinski definition) is 1. The Balaban J connectivity index is 1.56. The molecular weight excluding hydrogens is 326 g/mol. The number of nitrogens with zero attached hydrogens (tertiary/aromatic N) is 2. The van der Waals surface area contributed by atoms with Crippen LogP contribution in [0.25, 0.3) is 16.6 Å². The summed E-state index contributed by atoms with van der Waals surface area (Å²) in [6.07, 6.45) is 0. The van der Waals surface area contributed by atoms with Crippen LogP contribution in [0.2, 0.25) is 0 Å². The Kier molecular flexibility index (Phi) is 5.00. The first-order valence-electron chi connectivity index (χ1n) is 9.07. The molecule has 5 heteroatoms. The number of carbonyl (C=O) groups is 1. The second kappa shape index (κ2) is 7.72. The molecular formula is C21H23N3O2. The van der Waals surface area contributed by atoms with Gasteiger partial charge in [0.1, 0.15) is 5.69 Å². The first-order valence-corrected chi connectivity index (χ1v) is 9.07. The zero-order valence-electron chi connectivity index (χ0n) is 14.7. The molecule has 2 heterocycles. The zero-order chi connectivity index (χ0) is 17.8. The van der Waals surface area contributed by atoms with Gasteiger partial charge in [-0.15, -0.1) is 0 Å². The van der Waals surface area contributed by atoms with Gasteiger partial charge in [0.25, 0.3) is 5.91 Å². The van der Waals surface area contributed by atoms with Gasteiger partial charge in [0.05, 0.1) is 18.7 Å². The minimum Gasteiger partial charge on any atom is -0.379 e. The number of benzene rings is 2. The predicted molar refractivity (Wildman–Crippen MR) is 103 cm³/mol. The van der Waals surface area contributed by atoms with Crippen molar-refractivity contribution in [1.82, 2.24) is 14.8 Å². The fraction of sp³-hybridized carbons (Fsp3) is 0.286. The highest BCUT2D eigenvalue weighted by atomic mass is 16.5. The number of fused-ring (bicyclic) bond motifs is 1. The van der Waals surface area contributed by atoms with Crippen LogP contribution in [0.1, 0.15) is 10.5 Å². The van der Waals surface area contributed by atoms with E-state index >= 15 is 0 Å². The normalized spacial score (nSPS) is 15.2. The minimum atomic E-state index is -0.0432. The van der Waals surface area contributed by atoms with Crippen LogP contribution in [0.3, 0.4) is 0 Å². The predicted octanol–water partition coefficient (Wildman–Crippen LogP) is 2.69. The molecule has 1 amide bonds. The Morgan fingerprint density at radius 3 is 2.54 bits per heavy atom. The Bertz CT molecular complexity index is 883. The van der Waals surface area contributed by atoms with Crippen molar-refractivity contribution in [2.75, 3.05) is 39.4 Å². The summed E-state index contributed by atoms with van der Waals surface area (Å²) in [5.74, 6) is -0.0432. The van der Waals surface area contributed by atoms with Gasteiger partial charge in [-0.3, -0.25) is 9.69 Å². The van der Waals surface area contributed by atoms with E-state index in [9.17, 15) is 4.79 Å². The lowest BCUT2D eigenvalue weighted by atomic mass is 10.2. The van der Waals surface area contributed by atoms with Gasteiger partial charge in [0, 0.05) is 37.3 Å². The molecule has 0 saturated carbocycles. The Morgan fingerprint density at radius 1 is 1.00 bits per heavy atom. The standard InChI is InChI=1S/C21H23N3O2/c25-21(22-10-11-23-12-14-26-15-13-23)20-16-17-6-4-5-9-19(17)24(20)18-7-2-1-3-8-18/h1-9,16H,10-15H2,(H,22,25). The summed E-state index contributed by atoms with van der Waals surface area (Å²) in [6.45, 7) is 4.89. The number of aromatic nitrogens is 1. The molecule has 0 atom stereocenters. The van der Waals surface area contributed by atoms with Crippen molar-refractivity contribution in [3.05, 3.63) is 66.4 Å². The van der Waals surface area contributed by atoms with Gasteiger partial charge in [-0.1, -0.05) is 36.4 Å². The molecule has 1 aliphatic heterocycles. The number of nitrogens with one attached hydrogen (secondary N) is 1. The van der Waals surface area contributed by atoms with Crippen LogP contribution in [0, 0.1) is 0 Å². The highest BCUT2D eigenvalue weighted by molar-refractivity contribution is 5.99. The molecule has 2 aromatic carbocycles. The van der Waals surface area contributed by atoms with Crippen molar-refractivity contribution in [2.45, 2.75) is 0 Å². The molecule has 0 radical (unpaired) electrons. The molecule has 1 N–H and O–H groups in total. The molecule has 134 valence electrons. The molecule has 1 aliphatic rings. The average molecular weight is 349 g/mol. The van der Waals surface area contributed by atoms with Gasteiger partial charge < -0.3 is 14.6 Å². The summed E-state index contributed by atoms with van der Waals surface area (Å²) in [5, 5.41) is 4.14. The summed E-state index contributed by atoms with van der Waals surface area (Å²) in [7, 11) is 0. The quantitative estimate of drug-likeness (QED) is 0.770. The zero-order valence-corrected chi connectivity index (χ0v) is 14.7. The van der Waals surface area contributed by atoms with E-state index in [-0.39, 0.29) is 5.91 Å². The number of morpholine rings is 1. The molecule has 0 aliphatic carbocycles. The van der Waals surface area contributed by atoms with Crippen molar-refractivity contribution in [1.29, 1.82) is 0 Å². The third kappa shape index (κ3) is 3.49. The molecule has 5 nitrogen and oxygen atoms in total. The van der Waals surface area contributed by atoms with Crippen molar-refractivity contribution < 1.29 is 9.53 Å². The third-order valence-corrected chi connectivity index (χ3v) is 4.78. The Hall–Kier alpha value is -2.63. The maximum absolute atomic E-state index is 12.9. The molecule has 3 aromatic rings. The van der Waals surface area contributed by atoms with Gasteiger partial charge in [0.15, 0.2) is 0 Å². The fourth-order valence-corrected chi connectivity index (χ4v) is 3.42. The van der Waals surface area contributed by atoms with Crippen LogP contribution in [0.15, 0.2) is 60.7 Å². The number of hydrogen-bond acceptors (Lipinski definition) is 3. The van der Waals surface area contributed by atoms with Gasteiger partial charge in [0.2, 0.25) is 0 Å². The fourth-order valence-electron chi connectivity index (χ4n) is 3.42. The summed E-state index contributed by atoms with van der Waals surface area (Å²) in [4.78, 5) is 15.2. The highest BCUT2D eigenvalue weighted by Crippen LogP contribution is 2.24. The van der Waals surface area contributed by atoms with Crippen molar-refractivity contribution in [3.63, 3.8) is 0 Å². The van der Waals surface area contributed by atoms with Crippen molar-refractivity contribution in [3.8, 4) is 5.69 Å². The Labute approximate surface area is 153 Å². The maximum Gasteiger partial charge on any atom is 0.268 e. The van der Waals surface area contributed by atoms with Crippen LogP contribution >= 0.6 is 0 Å². The number of amides is 1. The third-order valence-electron chi connectivity index (χ3n) is 4.78. The van der Waals surface area contributed by atoms with Crippen molar-refractivity contribution >= 4 is 16.8 Å². The average Bonchev–Trinajstić information content (AvgIpc) is 3.09. The minimum absolute atomic E-state index is 0.0432. The lowest BCUT2D eigenvalue weighted by Crippen LogP contribution is -2.41. The van der Waals surface area contributed by atoms with E-state index in [0.29, 0.717) is 12.2 Å². The number of para-hydroxylation sites is 2. The highest BCUT2D eigenvalue weighted by Gasteiger charge is 2.17. The lowest BCUT2D eigenvalue weighted by molar-refractivity contribution is 0.0383. The maximum atomic E-state index is 12.9. The molecule has 1 fully saturated rings. The van der Waals surface area contributed by atoms with Crippen LogP contribution < -0.4 is 5.32 Å². The van der Waals surface area contributed by atoms with Gasteiger partial charge in [-0.05, 0) is 24.3 Å². The van der Waals surface area contributed by atoms with E-state index in [1.165, 1.54) is 0 Å². The van der Waals surface area contributed by atoms with E-state index in [4.69, 9.17) is 4.74 Å². The van der Waals surface area contributed by atoms with Crippen LogP contribution in [0.5, 0.6) is 0 Å². The second-order valence-corrected chi connectivity index (χ2v) is 6.47. The van der Waals surface area contributed by atoms with Gasteiger partial charge in [-0.25, -0.2) is 0 Å². The molecule has 4 rings (SSSR count).